The van der Waals surface area contributed by atoms with Gasteiger partial charge in [-0.1, -0.05) is 31.5 Å². The Hall–Kier alpha value is -1.55. The van der Waals surface area contributed by atoms with E-state index >= 15 is 0 Å². The average molecular weight is 368 g/mol. The third kappa shape index (κ3) is 13.8. The topological polar surface area (TPSA) is 153 Å². The fourth-order valence-electron chi connectivity index (χ4n) is 1.38. The van der Waals surface area contributed by atoms with Gasteiger partial charge in [0.2, 0.25) is 10.4 Å². The molecule has 0 atom stereocenters. The molecular formula is C13H22ClN3O5S. The molecule has 0 aliphatic rings. The maximum absolute atomic E-state index is 8.63. The predicted molar refractivity (Wildman–Crippen MR) is 86.8 cm³/mol. The standard InChI is InChI=1S/C13H20ClN3O.H2O4S/c1-9(2)5-6-18-12-4-3-10(7-11(12)14)8-17-13(15)16;1-5(2,3)4/h3-4,7,9H,5-6,8H2,1-2H3,(H4,15,16,17);(H2,1,2,3,4). The molecule has 1 rings (SSSR count). The molecule has 1 aromatic rings. The highest BCUT2D eigenvalue weighted by Gasteiger charge is 2.04. The van der Waals surface area contributed by atoms with Crippen molar-refractivity contribution in [1.82, 2.24) is 0 Å². The second kappa shape index (κ2) is 10.3. The Balaban J connectivity index is 0.000000841. The molecule has 8 nitrogen and oxygen atoms in total. The molecule has 0 amide bonds. The Morgan fingerprint density at radius 2 is 2.00 bits per heavy atom. The van der Waals surface area contributed by atoms with E-state index < -0.39 is 10.4 Å². The quantitative estimate of drug-likeness (QED) is 0.231. The van der Waals surface area contributed by atoms with Crippen LogP contribution in [0.15, 0.2) is 18.2 Å². The normalized spacial score (nSPS) is 10.7. The molecule has 0 aliphatic heterocycles. The van der Waals surface area contributed by atoms with E-state index in [0.717, 1.165) is 12.0 Å². The van der Waals surface area contributed by atoms with E-state index in [1.807, 2.05) is 18.2 Å². The predicted octanol–water partition coefficient (Wildman–Crippen LogP) is -0.376. The zero-order valence-corrected chi connectivity index (χ0v) is 14.5. The van der Waals surface area contributed by atoms with Gasteiger partial charge in [0, 0.05) is 0 Å². The molecule has 0 saturated carbocycles. The van der Waals surface area contributed by atoms with Crippen LogP contribution in [-0.4, -0.2) is 30.1 Å². The lowest BCUT2D eigenvalue weighted by atomic mass is 10.1. The van der Waals surface area contributed by atoms with E-state index in [9.17, 15) is 0 Å². The van der Waals surface area contributed by atoms with Crippen LogP contribution in [0, 0.1) is 5.92 Å². The van der Waals surface area contributed by atoms with Gasteiger partial charge in [-0.05, 0) is 30.0 Å². The first-order valence-corrected chi connectivity index (χ1v) is 8.44. The van der Waals surface area contributed by atoms with Gasteiger partial charge in [-0.2, -0.15) is 0 Å². The Labute approximate surface area is 141 Å². The highest BCUT2D eigenvalue weighted by atomic mass is 35.5. The van der Waals surface area contributed by atoms with Crippen LogP contribution in [0.4, 0.5) is 0 Å². The first kappa shape index (κ1) is 21.4. The number of halogens is 1. The van der Waals surface area contributed by atoms with E-state index in [1.54, 1.807) is 0 Å². The SMILES string of the molecule is CC(C)CCOc1ccc(C[NH+]=C(N)N)cc1Cl.O=S(=O)([O-])O. The first-order chi connectivity index (χ1) is 10.5. The van der Waals surface area contributed by atoms with E-state index in [-0.39, 0.29) is 5.96 Å². The fourth-order valence-corrected chi connectivity index (χ4v) is 1.64. The molecule has 1 aromatic carbocycles. The van der Waals surface area contributed by atoms with E-state index in [4.69, 9.17) is 45.3 Å². The summed E-state index contributed by atoms with van der Waals surface area (Å²) in [5.74, 6) is 1.53. The monoisotopic (exact) mass is 367 g/mol. The summed E-state index contributed by atoms with van der Waals surface area (Å²) in [6.45, 7) is 5.55. The molecule has 6 N–H and O–H groups in total. The van der Waals surface area contributed by atoms with Crippen molar-refractivity contribution >= 4 is 28.0 Å². The summed E-state index contributed by atoms with van der Waals surface area (Å²) in [5.41, 5.74) is 11.7. The third-order valence-corrected chi connectivity index (χ3v) is 2.74. The van der Waals surface area contributed by atoms with Crippen LogP contribution in [0.5, 0.6) is 5.75 Å². The second-order valence-electron chi connectivity index (χ2n) is 5.03. The van der Waals surface area contributed by atoms with Crippen molar-refractivity contribution in [3.05, 3.63) is 28.8 Å². The molecule has 23 heavy (non-hydrogen) atoms. The summed E-state index contributed by atoms with van der Waals surface area (Å²) >= 11 is 6.14. The Kier molecular flexibility index (Phi) is 9.58. The molecule has 0 aromatic heterocycles. The third-order valence-electron chi connectivity index (χ3n) is 2.45. The Bertz CT molecular complexity index is 608. The van der Waals surface area contributed by atoms with Crippen molar-refractivity contribution < 1.29 is 27.3 Å². The maximum atomic E-state index is 8.63. The van der Waals surface area contributed by atoms with Gasteiger partial charge in [-0.3, -0.25) is 21.0 Å². The van der Waals surface area contributed by atoms with Crippen LogP contribution in [0.2, 0.25) is 5.02 Å². The lowest BCUT2D eigenvalue weighted by Gasteiger charge is -2.10. The van der Waals surface area contributed by atoms with Crippen LogP contribution >= 0.6 is 11.6 Å². The molecule has 0 saturated heterocycles. The number of benzene rings is 1. The lowest BCUT2D eigenvalue weighted by molar-refractivity contribution is -0.477. The van der Waals surface area contributed by atoms with Crippen molar-refractivity contribution in [3.8, 4) is 5.75 Å². The van der Waals surface area contributed by atoms with Gasteiger partial charge in [0.25, 0.3) is 0 Å². The number of nitrogens with two attached hydrogens (primary N) is 2. The van der Waals surface area contributed by atoms with Crippen molar-refractivity contribution in [3.63, 3.8) is 0 Å². The van der Waals surface area contributed by atoms with Crippen molar-refractivity contribution in [2.45, 2.75) is 26.8 Å². The van der Waals surface area contributed by atoms with Crippen LogP contribution < -0.4 is 21.2 Å². The van der Waals surface area contributed by atoms with Gasteiger partial charge in [-0.25, -0.2) is 8.42 Å². The zero-order chi connectivity index (χ0) is 18.0. The van der Waals surface area contributed by atoms with Gasteiger partial charge < -0.3 is 9.29 Å². The second-order valence-corrected chi connectivity index (χ2v) is 6.30. The molecule has 132 valence electrons. The van der Waals surface area contributed by atoms with Crippen LogP contribution in [0.25, 0.3) is 0 Å². The number of rotatable bonds is 6. The molecule has 0 bridgehead atoms. The van der Waals surface area contributed by atoms with Gasteiger partial charge in [0.05, 0.1) is 18.2 Å². The van der Waals surface area contributed by atoms with Gasteiger partial charge in [0.1, 0.15) is 5.75 Å². The Morgan fingerprint density at radius 3 is 2.43 bits per heavy atom. The minimum atomic E-state index is -4.92. The van der Waals surface area contributed by atoms with Crippen molar-refractivity contribution in [1.29, 1.82) is 0 Å². The summed E-state index contributed by atoms with van der Waals surface area (Å²) in [7, 11) is -4.92. The van der Waals surface area contributed by atoms with E-state index in [0.29, 0.717) is 29.8 Å². The summed E-state index contributed by atoms with van der Waals surface area (Å²) < 4.78 is 38.5. The summed E-state index contributed by atoms with van der Waals surface area (Å²) in [4.78, 5) is 2.84. The molecule has 0 unspecified atom stereocenters. The molecule has 0 heterocycles. The summed E-state index contributed by atoms with van der Waals surface area (Å²) in [5, 5.41) is 0.605. The van der Waals surface area contributed by atoms with Gasteiger partial charge in [-0.15, -0.1) is 0 Å². The minimum absolute atomic E-state index is 0.198. The average Bonchev–Trinajstić information content (AvgIpc) is 2.36. The summed E-state index contributed by atoms with van der Waals surface area (Å²) in [6, 6.07) is 5.65. The minimum Gasteiger partial charge on any atom is -0.726 e. The van der Waals surface area contributed by atoms with Crippen molar-refractivity contribution in [2.75, 3.05) is 6.61 Å². The number of hydrogen-bond donors (Lipinski definition) is 4. The van der Waals surface area contributed by atoms with Gasteiger partial charge in [0.15, 0.2) is 0 Å². The van der Waals surface area contributed by atoms with Crippen LogP contribution in [0.3, 0.4) is 0 Å². The zero-order valence-electron chi connectivity index (χ0n) is 13.0. The smallest absolute Gasteiger partial charge is 0.339 e. The fraction of sp³-hybridized carbons (Fsp3) is 0.462. The van der Waals surface area contributed by atoms with Crippen LogP contribution in [0.1, 0.15) is 25.8 Å². The maximum Gasteiger partial charge on any atom is 0.339 e. The number of hydrogen-bond acceptors (Lipinski definition) is 4. The largest absolute Gasteiger partial charge is 0.726 e. The Morgan fingerprint density at radius 1 is 1.43 bits per heavy atom. The molecule has 0 fully saturated rings. The van der Waals surface area contributed by atoms with Crippen molar-refractivity contribution in [2.24, 2.45) is 17.4 Å². The molecule has 0 radical (unpaired) electrons. The molecule has 0 spiro atoms. The summed E-state index contributed by atoms with van der Waals surface area (Å²) in [6.07, 6.45) is 1.01. The first-order valence-electron chi connectivity index (χ1n) is 6.70. The number of guanidine groups is 1. The van der Waals surface area contributed by atoms with Crippen LogP contribution in [-0.2, 0) is 16.9 Å². The van der Waals surface area contributed by atoms with E-state index in [2.05, 4.69) is 18.8 Å². The van der Waals surface area contributed by atoms with Gasteiger partial charge >= 0.3 is 5.96 Å². The highest BCUT2D eigenvalue weighted by molar-refractivity contribution is 7.79. The highest BCUT2D eigenvalue weighted by Crippen LogP contribution is 2.25. The molecule has 10 heteroatoms. The number of ether oxygens (including phenoxy) is 1. The molecular weight excluding hydrogens is 346 g/mol. The number of nitrogens with one attached hydrogen (secondary N) is 1. The van der Waals surface area contributed by atoms with E-state index in [1.165, 1.54) is 0 Å². The molecule has 0 aliphatic carbocycles. The lowest BCUT2D eigenvalue weighted by Crippen LogP contribution is -2.76.